The molecule has 1 aromatic rings. The summed E-state index contributed by atoms with van der Waals surface area (Å²) < 4.78 is 27.7. The van der Waals surface area contributed by atoms with Crippen LogP contribution in [0.3, 0.4) is 0 Å². The van der Waals surface area contributed by atoms with Gasteiger partial charge in [0.2, 0.25) is 10.0 Å². The van der Waals surface area contributed by atoms with E-state index in [4.69, 9.17) is 0 Å². The van der Waals surface area contributed by atoms with Crippen molar-refractivity contribution in [3.63, 3.8) is 0 Å². The van der Waals surface area contributed by atoms with Crippen LogP contribution < -0.4 is 4.72 Å². The van der Waals surface area contributed by atoms with Crippen LogP contribution in [0.1, 0.15) is 6.42 Å². The maximum absolute atomic E-state index is 12.1. The first kappa shape index (κ1) is 13.0. The molecule has 1 atom stereocenters. The minimum Gasteiger partial charge on any atom is -0.305 e. The first-order valence-corrected chi connectivity index (χ1v) is 7.71. The molecule has 1 aliphatic rings. The van der Waals surface area contributed by atoms with Gasteiger partial charge in [0.1, 0.15) is 0 Å². The molecule has 1 heterocycles. The van der Waals surface area contributed by atoms with E-state index in [1.165, 1.54) is 0 Å². The van der Waals surface area contributed by atoms with Crippen molar-refractivity contribution in [2.24, 2.45) is 0 Å². The Morgan fingerprint density at radius 1 is 1.35 bits per heavy atom. The van der Waals surface area contributed by atoms with Crippen molar-refractivity contribution in [3.8, 4) is 0 Å². The lowest BCUT2D eigenvalue weighted by Crippen LogP contribution is -2.36. The number of rotatable bonds is 3. The number of likely N-dealkylation sites (N-methyl/N-ethyl adjacent to an activating group) is 1. The molecule has 1 aromatic carbocycles. The predicted octanol–water partition coefficient (Wildman–Crippen LogP) is 1.43. The van der Waals surface area contributed by atoms with Gasteiger partial charge in [-0.05, 0) is 44.3 Å². The summed E-state index contributed by atoms with van der Waals surface area (Å²) in [5.74, 6) is 0. The van der Waals surface area contributed by atoms with E-state index in [1.807, 2.05) is 7.05 Å². The summed E-state index contributed by atoms with van der Waals surface area (Å²) in [5.41, 5.74) is 0. The molecule has 4 nitrogen and oxygen atoms in total. The molecular weight excluding hydrogens is 304 g/mol. The number of sulfonamides is 1. The molecule has 0 aliphatic carbocycles. The number of nitrogens with one attached hydrogen (secondary N) is 1. The number of benzene rings is 1. The fourth-order valence-corrected chi connectivity index (χ4v) is 3.46. The topological polar surface area (TPSA) is 49.4 Å². The number of nitrogens with zero attached hydrogens (tertiary/aromatic N) is 1. The Morgan fingerprint density at radius 3 is 2.53 bits per heavy atom. The van der Waals surface area contributed by atoms with E-state index in [2.05, 4.69) is 25.6 Å². The zero-order valence-electron chi connectivity index (χ0n) is 9.56. The smallest absolute Gasteiger partial charge is 0.240 e. The van der Waals surface area contributed by atoms with Crippen molar-refractivity contribution in [1.82, 2.24) is 9.62 Å². The zero-order chi connectivity index (χ0) is 12.5. The van der Waals surface area contributed by atoms with Crippen LogP contribution in [0.2, 0.25) is 0 Å². The second-order valence-electron chi connectivity index (χ2n) is 4.32. The maximum Gasteiger partial charge on any atom is 0.240 e. The summed E-state index contributed by atoms with van der Waals surface area (Å²) in [5, 5.41) is 0. The maximum atomic E-state index is 12.1. The van der Waals surface area contributed by atoms with E-state index >= 15 is 0 Å². The molecule has 6 heteroatoms. The van der Waals surface area contributed by atoms with E-state index in [0.717, 1.165) is 24.0 Å². The highest BCUT2D eigenvalue weighted by Gasteiger charge is 2.25. The molecule has 0 amide bonds. The second kappa shape index (κ2) is 5.06. The number of hydrogen-bond donors (Lipinski definition) is 1. The van der Waals surface area contributed by atoms with Gasteiger partial charge in [-0.1, -0.05) is 15.9 Å². The monoisotopic (exact) mass is 318 g/mol. The predicted molar refractivity (Wildman–Crippen MR) is 70.4 cm³/mol. The molecule has 94 valence electrons. The van der Waals surface area contributed by atoms with Gasteiger partial charge in [-0.25, -0.2) is 13.1 Å². The molecule has 17 heavy (non-hydrogen) atoms. The summed E-state index contributed by atoms with van der Waals surface area (Å²) >= 11 is 3.29. The molecule has 0 bridgehead atoms. The molecule has 0 spiro atoms. The molecule has 1 N–H and O–H groups in total. The van der Waals surface area contributed by atoms with Crippen molar-refractivity contribution in [2.45, 2.75) is 17.4 Å². The minimum atomic E-state index is -3.38. The Kier molecular flexibility index (Phi) is 3.87. The van der Waals surface area contributed by atoms with E-state index < -0.39 is 10.0 Å². The highest BCUT2D eigenvalue weighted by molar-refractivity contribution is 9.10. The number of likely N-dealkylation sites (tertiary alicyclic amines) is 1. The first-order chi connectivity index (χ1) is 7.97. The quantitative estimate of drug-likeness (QED) is 0.917. The fourth-order valence-electron chi connectivity index (χ4n) is 1.93. The lowest BCUT2D eigenvalue weighted by Gasteiger charge is -2.13. The van der Waals surface area contributed by atoms with E-state index in [1.54, 1.807) is 24.3 Å². The normalized spacial score (nSPS) is 21.9. The van der Waals surface area contributed by atoms with Crippen LogP contribution >= 0.6 is 15.9 Å². The lowest BCUT2D eigenvalue weighted by molar-refractivity contribution is 0.407. The molecule has 1 fully saturated rings. The van der Waals surface area contributed by atoms with Gasteiger partial charge in [0.05, 0.1) is 4.90 Å². The number of halogens is 1. The van der Waals surface area contributed by atoms with Crippen LogP contribution in [0.5, 0.6) is 0 Å². The molecular formula is C11H15BrN2O2S. The van der Waals surface area contributed by atoms with Crippen molar-refractivity contribution in [1.29, 1.82) is 0 Å². The van der Waals surface area contributed by atoms with Crippen molar-refractivity contribution in [2.75, 3.05) is 20.1 Å². The molecule has 1 aliphatic heterocycles. The zero-order valence-corrected chi connectivity index (χ0v) is 12.0. The van der Waals surface area contributed by atoms with Crippen LogP contribution in [-0.2, 0) is 10.0 Å². The molecule has 0 radical (unpaired) electrons. The Labute approximate surface area is 110 Å². The molecule has 2 rings (SSSR count). The van der Waals surface area contributed by atoms with Crippen LogP contribution in [-0.4, -0.2) is 39.5 Å². The Bertz CT molecular complexity index is 487. The van der Waals surface area contributed by atoms with Gasteiger partial charge in [-0.15, -0.1) is 0 Å². The summed E-state index contributed by atoms with van der Waals surface area (Å²) in [6.45, 7) is 1.71. The lowest BCUT2D eigenvalue weighted by atomic mass is 10.3. The average Bonchev–Trinajstić information content (AvgIpc) is 2.63. The van der Waals surface area contributed by atoms with Crippen LogP contribution in [0.25, 0.3) is 0 Å². The minimum absolute atomic E-state index is 0.0219. The van der Waals surface area contributed by atoms with Crippen LogP contribution in [0.15, 0.2) is 33.6 Å². The fraction of sp³-hybridized carbons (Fsp3) is 0.455. The second-order valence-corrected chi connectivity index (χ2v) is 6.95. The Hall–Kier alpha value is -0.430. The van der Waals surface area contributed by atoms with Gasteiger partial charge in [0.15, 0.2) is 0 Å². The largest absolute Gasteiger partial charge is 0.305 e. The third-order valence-electron chi connectivity index (χ3n) is 2.84. The van der Waals surface area contributed by atoms with Gasteiger partial charge < -0.3 is 4.90 Å². The Balaban J connectivity index is 2.11. The van der Waals surface area contributed by atoms with Crippen LogP contribution in [0.4, 0.5) is 0 Å². The van der Waals surface area contributed by atoms with E-state index in [0.29, 0.717) is 4.90 Å². The standard InChI is InChI=1S/C11H15BrN2O2S/c1-14-7-6-10(8-14)13-17(15,16)11-4-2-9(12)3-5-11/h2-5,10,13H,6-8H2,1H3. The summed E-state index contributed by atoms with van der Waals surface area (Å²) in [6.07, 6.45) is 0.867. The summed E-state index contributed by atoms with van der Waals surface area (Å²) in [4.78, 5) is 2.43. The molecule has 1 unspecified atom stereocenters. The molecule has 0 aromatic heterocycles. The van der Waals surface area contributed by atoms with Crippen molar-refractivity contribution in [3.05, 3.63) is 28.7 Å². The SMILES string of the molecule is CN1CCC(NS(=O)(=O)c2ccc(Br)cc2)C1. The van der Waals surface area contributed by atoms with Gasteiger partial charge >= 0.3 is 0 Å². The third-order valence-corrected chi connectivity index (χ3v) is 4.90. The van der Waals surface area contributed by atoms with Gasteiger partial charge in [-0.3, -0.25) is 0 Å². The van der Waals surface area contributed by atoms with Gasteiger partial charge in [0.25, 0.3) is 0 Å². The molecule has 1 saturated heterocycles. The summed E-state index contributed by atoms with van der Waals surface area (Å²) in [6, 6.07) is 6.69. The van der Waals surface area contributed by atoms with E-state index in [9.17, 15) is 8.42 Å². The molecule has 0 saturated carbocycles. The number of hydrogen-bond acceptors (Lipinski definition) is 3. The van der Waals surface area contributed by atoms with Crippen molar-refractivity contribution >= 4 is 26.0 Å². The van der Waals surface area contributed by atoms with E-state index in [-0.39, 0.29) is 6.04 Å². The highest BCUT2D eigenvalue weighted by atomic mass is 79.9. The van der Waals surface area contributed by atoms with Gasteiger partial charge in [-0.2, -0.15) is 0 Å². The Morgan fingerprint density at radius 2 is 2.00 bits per heavy atom. The third kappa shape index (κ3) is 3.28. The summed E-state index contributed by atoms with van der Waals surface area (Å²) in [7, 11) is -1.39. The average molecular weight is 319 g/mol. The first-order valence-electron chi connectivity index (χ1n) is 5.44. The highest BCUT2D eigenvalue weighted by Crippen LogP contribution is 2.16. The van der Waals surface area contributed by atoms with Crippen LogP contribution in [0, 0.1) is 0 Å². The van der Waals surface area contributed by atoms with Crippen molar-refractivity contribution < 1.29 is 8.42 Å². The van der Waals surface area contributed by atoms with Gasteiger partial charge in [0, 0.05) is 17.1 Å².